The van der Waals surface area contributed by atoms with Crippen molar-refractivity contribution in [2.75, 3.05) is 18.6 Å². The average Bonchev–Trinajstić information content (AvgIpc) is 3.29. The second-order valence-corrected chi connectivity index (χ2v) is 7.15. The van der Waals surface area contributed by atoms with E-state index >= 15 is 0 Å². The van der Waals surface area contributed by atoms with Crippen LogP contribution in [0.3, 0.4) is 0 Å². The highest BCUT2D eigenvalue weighted by atomic mass is 35.5. The Morgan fingerprint density at radius 3 is 2.71 bits per heavy atom. The zero-order chi connectivity index (χ0) is 19.4. The number of amides is 2. The number of nitrogens with two attached hydrogens (primary N) is 1. The summed E-state index contributed by atoms with van der Waals surface area (Å²) in [7, 11) is 1.30. The van der Waals surface area contributed by atoms with Crippen LogP contribution in [-0.4, -0.2) is 37.5 Å². The maximum atomic E-state index is 12.7. The van der Waals surface area contributed by atoms with E-state index in [0.717, 1.165) is 5.56 Å². The molecule has 2 unspecified atom stereocenters. The first-order chi connectivity index (χ1) is 13.0. The van der Waals surface area contributed by atoms with E-state index in [-0.39, 0.29) is 30.6 Å². The number of esters is 1. The van der Waals surface area contributed by atoms with Crippen LogP contribution in [0.1, 0.15) is 34.8 Å². The quantitative estimate of drug-likeness (QED) is 0.694. The van der Waals surface area contributed by atoms with Gasteiger partial charge >= 0.3 is 5.97 Å². The van der Waals surface area contributed by atoms with Gasteiger partial charge in [0.25, 0.3) is 0 Å². The summed E-state index contributed by atoms with van der Waals surface area (Å²) in [5.74, 6) is -0.990. The molecule has 1 aliphatic rings. The molecule has 3 rings (SSSR count). The standard InChI is InChI=1S/C19H21N3O4S.ClH/c1-26-19(25)13-8-10-27-18(13)22-9-7-15(17(22)24)21-16(23)11-14(20)12-5-3-2-4-6-12;/h2-6,8,10,14-15H,7,9,11,20H2,1H3,(H,21,23);1H. The summed E-state index contributed by atoms with van der Waals surface area (Å²) in [4.78, 5) is 38.4. The van der Waals surface area contributed by atoms with Gasteiger partial charge in [0.2, 0.25) is 11.8 Å². The average molecular weight is 424 g/mol. The third-order valence-electron chi connectivity index (χ3n) is 4.47. The first-order valence-electron chi connectivity index (χ1n) is 8.58. The van der Waals surface area contributed by atoms with Crippen molar-refractivity contribution in [1.29, 1.82) is 0 Å². The molecule has 2 heterocycles. The molecular weight excluding hydrogens is 402 g/mol. The number of carbonyl (C=O) groups excluding carboxylic acids is 3. The molecule has 2 amide bonds. The second kappa shape index (κ2) is 9.68. The smallest absolute Gasteiger partial charge is 0.340 e. The van der Waals surface area contributed by atoms with E-state index in [4.69, 9.17) is 10.5 Å². The Hall–Kier alpha value is -2.42. The Morgan fingerprint density at radius 1 is 1.32 bits per heavy atom. The van der Waals surface area contributed by atoms with Gasteiger partial charge < -0.3 is 20.7 Å². The van der Waals surface area contributed by atoms with Gasteiger partial charge in [0.1, 0.15) is 11.0 Å². The minimum Gasteiger partial charge on any atom is -0.465 e. The number of carbonyl (C=O) groups is 3. The predicted molar refractivity (Wildman–Crippen MR) is 110 cm³/mol. The van der Waals surface area contributed by atoms with Crippen molar-refractivity contribution in [3.05, 3.63) is 52.9 Å². The molecule has 1 aromatic heterocycles. The molecule has 0 spiro atoms. The molecule has 0 saturated carbocycles. The molecule has 3 N–H and O–H groups in total. The fourth-order valence-electron chi connectivity index (χ4n) is 3.06. The summed E-state index contributed by atoms with van der Waals surface area (Å²) < 4.78 is 4.75. The minimum absolute atomic E-state index is 0. The summed E-state index contributed by atoms with van der Waals surface area (Å²) >= 11 is 1.29. The molecule has 150 valence electrons. The number of hydrogen-bond donors (Lipinski definition) is 2. The van der Waals surface area contributed by atoms with Gasteiger partial charge in [0, 0.05) is 19.0 Å². The van der Waals surface area contributed by atoms with Gasteiger partial charge in [-0.1, -0.05) is 30.3 Å². The number of nitrogens with one attached hydrogen (secondary N) is 1. The topological polar surface area (TPSA) is 102 Å². The van der Waals surface area contributed by atoms with Crippen LogP contribution in [0.4, 0.5) is 5.00 Å². The van der Waals surface area contributed by atoms with E-state index in [1.165, 1.54) is 23.3 Å². The lowest BCUT2D eigenvalue weighted by molar-refractivity contribution is -0.126. The number of ether oxygens (including phenoxy) is 1. The van der Waals surface area contributed by atoms with Crippen LogP contribution in [0.15, 0.2) is 41.8 Å². The van der Waals surface area contributed by atoms with Gasteiger partial charge in [-0.3, -0.25) is 9.59 Å². The molecule has 0 aliphatic carbocycles. The molecule has 1 aromatic carbocycles. The molecule has 0 bridgehead atoms. The summed E-state index contributed by atoms with van der Waals surface area (Å²) in [6.07, 6.45) is 0.573. The molecule has 1 aliphatic heterocycles. The van der Waals surface area contributed by atoms with E-state index in [2.05, 4.69) is 5.32 Å². The van der Waals surface area contributed by atoms with E-state index in [9.17, 15) is 14.4 Å². The zero-order valence-electron chi connectivity index (χ0n) is 15.3. The fourth-order valence-corrected chi connectivity index (χ4v) is 3.98. The highest BCUT2D eigenvalue weighted by Crippen LogP contribution is 2.31. The van der Waals surface area contributed by atoms with Crippen LogP contribution < -0.4 is 16.0 Å². The van der Waals surface area contributed by atoms with Crippen LogP contribution in [0.5, 0.6) is 0 Å². The van der Waals surface area contributed by atoms with Gasteiger partial charge in [0.15, 0.2) is 0 Å². The Balaban J connectivity index is 0.00000280. The monoisotopic (exact) mass is 423 g/mol. The predicted octanol–water partition coefficient (Wildman–Crippen LogP) is 2.27. The first kappa shape index (κ1) is 21.9. The lowest BCUT2D eigenvalue weighted by Gasteiger charge is -2.17. The Morgan fingerprint density at radius 2 is 2.04 bits per heavy atom. The summed E-state index contributed by atoms with van der Waals surface area (Å²) in [6, 6.07) is 9.93. The zero-order valence-corrected chi connectivity index (χ0v) is 16.9. The number of nitrogens with zero attached hydrogens (tertiary/aromatic N) is 1. The number of anilines is 1. The highest BCUT2D eigenvalue weighted by molar-refractivity contribution is 7.14. The third kappa shape index (κ3) is 4.70. The van der Waals surface area contributed by atoms with Crippen LogP contribution in [0.25, 0.3) is 0 Å². The lowest BCUT2D eigenvalue weighted by atomic mass is 10.0. The molecule has 7 nitrogen and oxygen atoms in total. The van der Waals surface area contributed by atoms with E-state index in [1.54, 1.807) is 11.4 Å². The molecule has 0 radical (unpaired) electrons. The normalized spacial score (nSPS) is 17.0. The molecular formula is C19H22ClN3O4S. The minimum atomic E-state index is -0.618. The van der Waals surface area contributed by atoms with Gasteiger partial charge in [-0.05, 0) is 23.4 Å². The Bertz CT molecular complexity index is 843. The van der Waals surface area contributed by atoms with Crippen molar-refractivity contribution in [3.63, 3.8) is 0 Å². The number of rotatable bonds is 6. The second-order valence-electron chi connectivity index (χ2n) is 6.25. The van der Waals surface area contributed by atoms with E-state index < -0.39 is 18.1 Å². The number of halogens is 1. The molecule has 1 saturated heterocycles. The summed E-state index contributed by atoms with van der Waals surface area (Å²) in [5, 5.41) is 5.04. The van der Waals surface area contributed by atoms with Crippen molar-refractivity contribution in [3.8, 4) is 0 Å². The van der Waals surface area contributed by atoms with Gasteiger partial charge in [0.05, 0.1) is 12.7 Å². The summed E-state index contributed by atoms with van der Waals surface area (Å²) in [6.45, 7) is 0.430. The van der Waals surface area contributed by atoms with Gasteiger partial charge in [-0.2, -0.15) is 0 Å². The Labute approximate surface area is 173 Å². The van der Waals surface area contributed by atoms with Crippen molar-refractivity contribution in [2.24, 2.45) is 5.73 Å². The van der Waals surface area contributed by atoms with Crippen molar-refractivity contribution in [2.45, 2.75) is 24.9 Å². The maximum absolute atomic E-state index is 12.7. The first-order valence-corrected chi connectivity index (χ1v) is 9.46. The lowest BCUT2D eigenvalue weighted by Crippen LogP contribution is -2.42. The van der Waals surface area contributed by atoms with Crippen LogP contribution >= 0.6 is 23.7 Å². The third-order valence-corrected chi connectivity index (χ3v) is 5.40. The fraction of sp³-hybridized carbons (Fsp3) is 0.316. The molecule has 2 atom stereocenters. The maximum Gasteiger partial charge on any atom is 0.340 e. The van der Waals surface area contributed by atoms with Crippen LogP contribution in [-0.2, 0) is 14.3 Å². The van der Waals surface area contributed by atoms with E-state index in [1.807, 2.05) is 30.3 Å². The van der Waals surface area contributed by atoms with E-state index in [0.29, 0.717) is 23.5 Å². The largest absolute Gasteiger partial charge is 0.465 e. The Kier molecular flexibility index (Phi) is 7.56. The molecule has 28 heavy (non-hydrogen) atoms. The number of thiophene rings is 1. The SMILES string of the molecule is COC(=O)c1ccsc1N1CCC(NC(=O)CC(N)c2ccccc2)C1=O.Cl. The highest BCUT2D eigenvalue weighted by Gasteiger charge is 2.36. The van der Waals surface area contributed by atoms with Gasteiger partial charge in [-0.15, -0.1) is 23.7 Å². The van der Waals surface area contributed by atoms with Crippen molar-refractivity contribution < 1.29 is 19.1 Å². The molecule has 9 heteroatoms. The van der Waals surface area contributed by atoms with Crippen molar-refractivity contribution >= 4 is 46.5 Å². The van der Waals surface area contributed by atoms with Crippen molar-refractivity contribution in [1.82, 2.24) is 5.32 Å². The molecule has 2 aromatic rings. The van der Waals surface area contributed by atoms with Crippen LogP contribution in [0.2, 0.25) is 0 Å². The summed E-state index contributed by atoms with van der Waals surface area (Å²) in [5.41, 5.74) is 7.30. The van der Waals surface area contributed by atoms with Crippen LogP contribution in [0, 0.1) is 0 Å². The van der Waals surface area contributed by atoms with Gasteiger partial charge in [-0.25, -0.2) is 4.79 Å². The number of methoxy groups -OCH3 is 1. The number of benzene rings is 1. The number of hydrogen-bond acceptors (Lipinski definition) is 6. The molecule has 1 fully saturated rings.